The molecule has 1 aliphatic rings. The zero-order valence-electron chi connectivity index (χ0n) is 21.2. The number of carbonyl (C=O) groups is 1. The number of rotatable bonds is 9. The van der Waals surface area contributed by atoms with Crippen LogP contribution >= 0.6 is 11.9 Å². The Labute approximate surface area is 231 Å². The molecule has 1 amide bonds. The summed E-state index contributed by atoms with van der Waals surface area (Å²) >= 11 is 1.39. The second-order valence-electron chi connectivity index (χ2n) is 9.11. The third-order valence-electron chi connectivity index (χ3n) is 6.15. The minimum absolute atomic E-state index is 0.0649. The molecule has 2 aromatic carbocycles. The van der Waals surface area contributed by atoms with Crippen molar-refractivity contribution in [3.63, 3.8) is 0 Å². The molecule has 0 radical (unpaired) electrons. The van der Waals surface area contributed by atoms with Crippen LogP contribution in [0.4, 0.5) is 19.0 Å². The van der Waals surface area contributed by atoms with Crippen LogP contribution in [0.2, 0.25) is 0 Å². The van der Waals surface area contributed by atoms with Crippen molar-refractivity contribution in [1.82, 2.24) is 24.9 Å². The first-order valence-corrected chi connectivity index (χ1v) is 13.2. The van der Waals surface area contributed by atoms with Gasteiger partial charge in [-0.1, -0.05) is 12.1 Å². The quantitative estimate of drug-likeness (QED) is 0.196. The topological polar surface area (TPSA) is 113 Å². The molecule has 0 fully saturated rings. The highest BCUT2D eigenvalue weighted by Crippen LogP contribution is 2.30. The molecule has 1 aliphatic heterocycles. The van der Waals surface area contributed by atoms with E-state index in [0.29, 0.717) is 23.7 Å². The number of hydrazine groups is 1. The number of hydrogen-bond acceptors (Lipinski definition) is 8. The van der Waals surface area contributed by atoms with Gasteiger partial charge in [0.2, 0.25) is 5.88 Å². The minimum Gasteiger partial charge on any atom is -0.438 e. The van der Waals surface area contributed by atoms with Crippen molar-refractivity contribution < 1.29 is 27.8 Å². The number of carbonyl (C=O) groups excluding carboxylic acids is 1. The van der Waals surface area contributed by atoms with Crippen LogP contribution in [-0.2, 0) is 12.6 Å². The molecule has 3 heterocycles. The number of aromatic nitrogens is 3. The first kappa shape index (κ1) is 27.5. The summed E-state index contributed by atoms with van der Waals surface area (Å²) in [6, 6.07) is 14.8. The van der Waals surface area contributed by atoms with E-state index in [9.17, 15) is 23.1 Å². The molecule has 1 unspecified atom stereocenters. The van der Waals surface area contributed by atoms with Crippen molar-refractivity contribution in [2.45, 2.75) is 38.5 Å². The van der Waals surface area contributed by atoms with Gasteiger partial charge in [-0.15, -0.1) is 5.10 Å². The predicted molar refractivity (Wildman–Crippen MR) is 144 cm³/mol. The van der Waals surface area contributed by atoms with Crippen molar-refractivity contribution in [1.29, 1.82) is 0 Å². The van der Waals surface area contributed by atoms with Gasteiger partial charge in [-0.25, -0.2) is 9.50 Å². The van der Waals surface area contributed by atoms with E-state index in [4.69, 9.17) is 4.74 Å². The van der Waals surface area contributed by atoms with Gasteiger partial charge in [-0.2, -0.15) is 18.0 Å². The normalized spacial score (nSPS) is 14.3. The lowest BCUT2D eigenvalue weighted by Crippen LogP contribution is -2.16. The van der Waals surface area contributed by atoms with Gasteiger partial charge >= 0.3 is 6.18 Å². The highest BCUT2D eigenvalue weighted by Gasteiger charge is 2.30. The fraction of sp³-hybridized carbons (Fsp3) is 0.222. The number of anilines is 1. The van der Waals surface area contributed by atoms with Gasteiger partial charge in [0.25, 0.3) is 5.91 Å². The molecule has 0 aliphatic carbocycles. The number of allylic oxidation sites excluding steroid dienone is 1. The number of benzene rings is 2. The van der Waals surface area contributed by atoms with Gasteiger partial charge in [0, 0.05) is 17.3 Å². The molecule has 0 spiro atoms. The van der Waals surface area contributed by atoms with Crippen LogP contribution in [0.3, 0.4) is 0 Å². The van der Waals surface area contributed by atoms with E-state index >= 15 is 0 Å². The zero-order chi connectivity index (χ0) is 28.3. The summed E-state index contributed by atoms with van der Waals surface area (Å²) in [7, 11) is 0. The molecular formula is C27H25F3N6O3S. The van der Waals surface area contributed by atoms with Crippen LogP contribution in [0.25, 0.3) is 5.65 Å². The Morgan fingerprint density at radius 2 is 1.98 bits per heavy atom. The molecule has 4 aromatic rings. The maximum Gasteiger partial charge on any atom is 0.416 e. The Kier molecular flexibility index (Phi) is 7.96. The Hall–Kier alpha value is -4.07. The SMILES string of the molecule is CC1=C(C(O)CCCc2cccc(Oc3ccc4nc(NC(=O)c5ccc(C(F)(F)F)cc5)cn4n3)c2)SNN1. The minimum atomic E-state index is -4.48. The van der Waals surface area contributed by atoms with Crippen LogP contribution in [0.15, 0.2) is 77.5 Å². The second kappa shape index (κ2) is 11.6. The molecular weight excluding hydrogens is 545 g/mol. The van der Waals surface area contributed by atoms with Crippen LogP contribution in [0, 0.1) is 0 Å². The second-order valence-corrected chi connectivity index (χ2v) is 9.95. The van der Waals surface area contributed by atoms with E-state index in [1.165, 1.54) is 22.7 Å². The number of imidazole rings is 1. The number of aliphatic hydroxyl groups is 1. The van der Waals surface area contributed by atoms with Gasteiger partial charge in [0.05, 0.1) is 22.8 Å². The molecule has 9 nitrogen and oxygen atoms in total. The first-order valence-electron chi connectivity index (χ1n) is 12.3. The van der Waals surface area contributed by atoms with E-state index in [1.807, 2.05) is 31.2 Å². The molecule has 208 valence electrons. The van der Waals surface area contributed by atoms with Gasteiger partial charge in [0.1, 0.15) is 5.75 Å². The summed E-state index contributed by atoms with van der Waals surface area (Å²) < 4.78 is 45.7. The Morgan fingerprint density at radius 1 is 1.18 bits per heavy atom. The Morgan fingerprint density at radius 3 is 2.70 bits per heavy atom. The predicted octanol–water partition coefficient (Wildman–Crippen LogP) is 5.46. The lowest BCUT2D eigenvalue weighted by molar-refractivity contribution is -0.137. The number of halogens is 3. The number of hydrogen-bond donors (Lipinski definition) is 4. The summed E-state index contributed by atoms with van der Waals surface area (Å²) in [6.45, 7) is 1.92. The standard InChI is InChI=1S/C27H25F3N6O3S/c1-16-25(40-35-33-16)21(37)7-3-5-17-4-2-6-20(14-17)39-24-13-12-23-31-22(15-36(23)34-24)32-26(38)18-8-10-19(11-9-18)27(28,29)30/h2,4,6,8-15,21,33,35,37H,3,5,7H2,1H3,(H,32,38). The number of nitrogens with one attached hydrogen (secondary N) is 3. The number of aryl methyl sites for hydroxylation is 1. The summed E-state index contributed by atoms with van der Waals surface area (Å²) in [6.07, 6.45) is -1.33. The monoisotopic (exact) mass is 570 g/mol. The molecule has 0 saturated heterocycles. The summed E-state index contributed by atoms with van der Waals surface area (Å²) in [4.78, 5) is 20.6. The van der Waals surface area contributed by atoms with E-state index < -0.39 is 23.8 Å². The van der Waals surface area contributed by atoms with Gasteiger partial charge in [-0.05, 0) is 86.2 Å². The number of nitrogens with zero attached hydrogens (tertiary/aromatic N) is 3. The van der Waals surface area contributed by atoms with Gasteiger partial charge in [-0.3, -0.25) is 4.79 Å². The van der Waals surface area contributed by atoms with E-state index in [-0.39, 0.29) is 11.4 Å². The van der Waals surface area contributed by atoms with Gasteiger partial charge < -0.3 is 20.6 Å². The van der Waals surface area contributed by atoms with Gasteiger partial charge in [0.15, 0.2) is 11.5 Å². The maximum atomic E-state index is 12.8. The van der Waals surface area contributed by atoms with E-state index in [1.54, 1.807) is 12.1 Å². The Balaban J connectivity index is 1.19. The number of fused-ring (bicyclic) bond motifs is 1. The van der Waals surface area contributed by atoms with Crippen LogP contribution in [0.5, 0.6) is 11.6 Å². The summed E-state index contributed by atoms with van der Waals surface area (Å²) in [5, 5.41) is 17.4. The van der Waals surface area contributed by atoms with E-state index in [0.717, 1.165) is 53.3 Å². The average molecular weight is 571 g/mol. The number of amides is 1. The van der Waals surface area contributed by atoms with Crippen LogP contribution in [0.1, 0.15) is 41.3 Å². The van der Waals surface area contributed by atoms with Crippen molar-refractivity contribution in [3.05, 3.63) is 94.2 Å². The molecule has 1 atom stereocenters. The van der Waals surface area contributed by atoms with Crippen LogP contribution < -0.4 is 20.3 Å². The molecule has 2 aromatic heterocycles. The third kappa shape index (κ3) is 6.55. The lowest BCUT2D eigenvalue weighted by Gasteiger charge is -2.11. The zero-order valence-corrected chi connectivity index (χ0v) is 22.0. The molecule has 40 heavy (non-hydrogen) atoms. The largest absolute Gasteiger partial charge is 0.438 e. The molecule has 0 bridgehead atoms. The van der Waals surface area contributed by atoms with Crippen molar-refractivity contribution >= 4 is 29.3 Å². The highest BCUT2D eigenvalue weighted by molar-refractivity contribution is 8.01. The molecule has 5 rings (SSSR count). The number of ether oxygens (including phenoxy) is 1. The van der Waals surface area contributed by atoms with Crippen molar-refractivity contribution in [3.8, 4) is 11.6 Å². The fourth-order valence-corrected chi connectivity index (χ4v) is 4.88. The maximum absolute atomic E-state index is 12.8. The summed E-state index contributed by atoms with van der Waals surface area (Å²) in [5.41, 5.74) is 4.64. The highest BCUT2D eigenvalue weighted by atomic mass is 32.2. The van der Waals surface area contributed by atoms with E-state index in [2.05, 4.69) is 25.7 Å². The Bertz CT molecular complexity index is 1560. The smallest absolute Gasteiger partial charge is 0.416 e. The summed E-state index contributed by atoms with van der Waals surface area (Å²) in [5.74, 6) is 0.491. The molecule has 13 heteroatoms. The van der Waals surface area contributed by atoms with Crippen LogP contribution in [-0.4, -0.2) is 31.7 Å². The van der Waals surface area contributed by atoms with Crippen molar-refractivity contribution in [2.24, 2.45) is 0 Å². The number of aliphatic hydroxyl groups excluding tert-OH is 1. The van der Waals surface area contributed by atoms with Crippen molar-refractivity contribution in [2.75, 3.05) is 5.32 Å². The molecule has 4 N–H and O–H groups in total. The fourth-order valence-electron chi connectivity index (χ4n) is 4.11. The lowest BCUT2D eigenvalue weighted by atomic mass is 10.1. The average Bonchev–Trinajstić information content (AvgIpc) is 3.53. The molecule has 0 saturated carbocycles. The first-order chi connectivity index (χ1) is 19.2. The third-order valence-corrected chi connectivity index (χ3v) is 7.15. The number of alkyl halides is 3.